The summed E-state index contributed by atoms with van der Waals surface area (Å²) in [6.45, 7) is 0.284. The van der Waals surface area contributed by atoms with Gasteiger partial charge < -0.3 is 5.32 Å². The summed E-state index contributed by atoms with van der Waals surface area (Å²) in [5.41, 5.74) is 0. The van der Waals surface area contributed by atoms with Gasteiger partial charge in [0.05, 0.1) is 0 Å². The van der Waals surface area contributed by atoms with Crippen LogP contribution in [-0.2, 0) is 0 Å². The van der Waals surface area contributed by atoms with Gasteiger partial charge in [0.2, 0.25) is 0 Å². The first-order chi connectivity index (χ1) is 6.55. The summed E-state index contributed by atoms with van der Waals surface area (Å²) < 4.78 is 37.1. The highest BCUT2D eigenvalue weighted by atomic mass is 19.4. The zero-order chi connectivity index (χ0) is 10.2. The van der Waals surface area contributed by atoms with Gasteiger partial charge in [-0.25, -0.2) is 4.90 Å². The summed E-state index contributed by atoms with van der Waals surface area (Å²) in [4.78, 5) is 0.622. The monoisotopic (exact) mass is 208 g/mol. The van der Waals surface area contributed by atoms with Gasteiger partial charge in [0.25, 0.3) is 0 Å². The van der Waals surface area contributed by atoms with Crippen molar-refractivity contribution in [1.82, 2.24) is 10.2 Å². The van der Waals surface area contributed by atoms with Crippen LogP contribution in [0.5, 0.6) is 0 Å². The Hall–Kier alpha value is -0.290. The van der Waals surface area contributed by atoms with Crippen LogP contribution in [0.25, 0.3) is 0 Å². The molecule has 1 aliphatic carbocycles. The van der Waals surface area contributed by atoms with Gasteiger partial charge in [-0.1, -0.05) is 0 Å². The smallest absolute Gasteiger partial charge is 0.310 e. The molecular weight excluding hydrogens is 193 g/mol. The first-order valence-corrected chi connectivity index (χ1v) is 5.13. The van der Waals surface area contributed by atoms with Gasteiger partial charge in [0.15, 0.2) is 0 Å². The zero-order valence-corrected chi connectivity index (χ0v) is 7.98. The molecule has 0 spiro atoms. The van der Waals surface area contributed by atoms with Crippen LogP contribution >= 0.6 is 0 Å². The number of likely N-dealkylation sites (tertiary alicyclic amines) is 1. The molecule has 0 unspecified atom stereocenters. The van der Waals surface area contributed by atoms with Crippen LogP contribution in [0.3, 0.4) is 0 Å². The molecule has 5 heteroatoms. The highest BCUT2D eigenvalue weighted by Crippen LogP contribution is 2.27. The number of nitrogens with one attached hydrogen (secondary N) is 1. The van der Waals surface area contributed by atoms with Crippen molar-refractivity contribution in [2.45, 2.75) is 44.1 Å². The molecular formula is C9H15F3N2. The highest BCUT2D eigenvalue weighted by molar-refractivity contribution is 4.88. The first kappa shape index (κ1) is 10.2. The molecule has 2 nitrogen and oxygen atoms in total. The quantitative estimate of drug-likeness (QED) is 0.695. The Bertz CT molecular complexity index is 201. The zero-order valence-electron chi connectivity index (χ0n) is 7.98. The molecule has 0 amide bonds. The lowest BCUT2D eigenvalue weighted by atomic mass is 10.1. The predicted molar refractivity (Wildman–Crippen MR) is 46.8 cm³/mol. The van der Waals surface area contributed by atoms with Crippen LogP contribution in [0.1, 0.15) is 25.7 Å². The summed E-state index contributed by atoms with van der Waals surface area (Å²) >= 11 is 0. The van der Waals surface area contributed by atoms with Crippen molar-refractivity contribution in [2.24, 2.45) is 0 Å². The number of nitrogens with zero attached hydrogens (tertiary/aromatic N) is 1. The third-order valence-electron chi connectivity index (χ3n) is 2.83. The topological polar surface area (TPSA) is 15.3 Å². The van der Waals surface area contributed by atoms with Crippen LogP contribution in [-0.4, -0.2) is 36.4 Å². The van der Waals surface area contributed by atoms with Crippen molar-refractivity contribution in [3.8, 4) is 0 Å². The largest absolute Gasteiger partial charge is 0.459 e. The number of alkyl halides is 3. The van der Waals surface area contributed by atoms with E-state index in [2.05, 4.69) is 5.32 Å². The average Bonchev–Trinajstić information content (AvgIpc) is 2.87. The second-order valence-electron chi connectivity index (χ2n) is 4.19. The van der Waals surface area contributed by atoms with Crippen molar-refractivity contribution in [3.63, 3.8) is 0 Å². The van der Waals surface area contributed by atoms with Gasteiger partial charge in [-0.05, 0) is 25.7 Å². The molecule has 2 fully saturated rings. The van der Waals surface area contributed by atoms with Crippen LogP contribution < -0.4 is 5.32 Å². The summed E-state index contributed by atoms with van der Waals surface area (Å²) in [5, 5.41) is 3.25. The third-order valence-corrected chi connectivity index (χ3v) is 2.83. The fourth-order valence-electron chi connectivity index (χ4n) is 1.93. The average molecular weight is 208 g/mol. The number of piperidine rings is 1. The van der Waals surface area contributed by atoms with E-state index in [4.69, 9.17) is 0 Å². The predicted octanol–water partition coefficient (Wildman–Crippen LogP) is 1.72. The van der Waals surface area contributed by atoms with Gasteiger partial charge in [-0.2, -0.15) is 13.2 Å². The van der Waals surface area contributed by atoms with Gasteiger partial charge in [-0.3, -0.25) is 0 Å². The Balaban J connectivity index is 1.83. The van der Waals surface area contributed by atoms with Crippen molar-refractivity contribution in [3.05, 3.63) is 0 Å². The maximum atomic E-state index is 12.4. The van der Waals surface area contributed by atoms with E-state index in [1.165, 1.54) is 0 Å². The molecule has 0 aromatic heterocycles. The van der Waals surface area contributed by atoms with Crippen molar-refractivity contribution in [2.75, 3.05) is 13.1 Å². The van der Waals surface area contributed by atoms with E-state index in [1.54, 1.807) is 0 Å². The van der Waals surface area contributed by atoms with Crippen molar-refractivity contribution >= 4 is 0 Å². The lowest BCUT2D eigenvalue weighted by Gasteiger charge is -2.34. The molecule has 2 rings (SSSR count). The van der Waals surface area contributed by atoms with E-state index in [-0.39, 0.29) is 19.1 Å². The molecule has 1 heterocycles. The SMILES string of the molecule is FC(F)(F)N1CCC[C@H](NC2CC2)C1. The first-order valence-electron chi connectivity index (χ1n) is 5.13. The second kappa shape index (κ2) is 3.70. The molecule has 0 aromatic rings. The van der Waals surface area contributed by atoms with Crippen LogP contribution in [0, 0.1) is 0 Å². The normalized spacial score (nSPS) is 30.6. The third kappa shape index (κ3) is 2.60. The molecule has 2 aliphatic rings. The molecule has 82 valence electrons. The van der Waals surface area contributed by atoms with E-state index in [1.807, 2.05) is 0 Å². The van der Waals surface area contributed by atoms with E-state index in [0.717, 1.165) is 19.3 Å². The van der Waals surface area contributed by atoms with Crippen LogP contribution in [0.4, 0.5) is 13.2 Å². The van der Waals surface area contributed by atoms with Crippen LogP contribution in [0.15, 0.2) is 0 Å². The summed E-state index contributed by atoms with van der Waals surface area (Å²) in [5.74, 6) is 0. The van der Waals surface area contributed by atoms with E-state index < -0.39 is 6.30 Å². The highest BCUT2D eigenvalue weighted by Gasteiger charge is 2.40. The number of hydrogen-bond donors (Lipinski definition) is 1. The Morgan fingerprint density at radius 2 is 1.79 bits per heavy atom. The lowest BCUT2D eigenvalue weighted by Crippen LogP contribution is -2.51. The summed E-state index contributed by atoms with van der Waals surface area (Å²) in [7, 11) is 0. The van der Waals surface area contributed by atoms with Gasteiger partial charge >= 0.3 is 6.30 Å². The molecule has 0 radical (unpaired) electrons. The molecule has 14 heavy (non-hydrogen) atoms. The minimum atomic E-state index is -4.15. The van der Waals surface area contributed by atoms with E-state index >= 15 is 0 Å². The van der Waals surface area contributed by atoms with E-state index in [9.17, 15) is 13.2 Å². The Morgan fingerprint density at radius 3 is 2.36 bits per heavy atom. The second-order valence-corrected chi connectivity index (χ2v) is 4.19. The Labute approximate surface area is 81.5 Å². The van der Waals surface area contributed by atoms with Gasteiger partial charge in [0.1, 0.15) is 0 Å². The van der Waals surface area contributed by atoms with Crippen molar-refractivity contribution < 1.29 is 13.2 Å². The Morgan fingerprint density at radius 1 is 1.07 bits per heavy atom. The fourth-order valence-corrected chi connectivity index (χ4v) is 1.93. The maximum Gasteiger partial charge on any atom is 0.459 e. The minimum absolute atomic E-state index is 0.0397. The Kier molecular flexibility index (Phi) is 2.70. The summed E-state index contributed by atoms with van der Waals surface area (Å²) in [6, 6.07) is 0.533. The summed E-state index contributed by atoms with van der Waals surface area (Å²) in [6.07, 6.45) is -0.373. The lowest BCUT2D eigenvalue weighted by molar-refractivity contribution is -0.251. The molecule has 0 bridgehead atoms. The number of hydrogen-bond acceptors (Lipinski definition) is 2. The molecule has 1 N–H and O–H groups in total. The number of halogens is 3. The van der Waals surface area contributed by atoms with Crippen molar-refractivity contribution in [1.29, 1.82) is 0 Å². The molecule has 1 atom stereocenters. The molecule has 1 saturated heterocycles. The molecule has 0 aromatic carbocycles. The van der Waals surface area contributed by atoms with Crippen LogP contribution in [0.2, 0.25) is 0 Å². The standard InChI is InChI=1S/C9H15F3N2/c10-9(11,12)14-5-1-2-8(6-14)13-7-3-4-7/h7-8,13H,1-6H2/t8-/m0/s1. The fraction of sp³-hybridized carbons (Fsp3) is 1.00. The number of rotatable bonds is 2. The molecule has 1 aliphatic heterocycles. The minimum Gasteiger partial charge on any atom is -0.310 e. The van der Waals surface area contributed by atoms with E-state index in [0.29, 0.717) is 17.4 Å². The van der Waals surface area contributed by atoms with Gasteiger partial charge in [-0.15, -0.1) is 0 Å². The maximum absolute atomic E-state index is 12.4. The molecule has 1 saturated carbocycles. The van der Waals surface area contributed by atoms with Gasteiger partial charge in [0, 0.05) is 25.2 Å².